The van der Waals surface area contributed by atoms with Gasteiger partial charge < -0.3 is 14.6 Å². The van der Waals surface area contributed by atoms with E-state index in [-0.39, 0.29) is 5.91 Å². The van der Waals surface area contributed by atoms with Crippen molar-refractivity contribution >= 4 is 27.7 Å². The Bertz CT molecular complexity index is 598. The van der Waals surface area contributed by atoms with Crippen LogP contribution in [-0.2, 0) is 4.79 Å². The molecular formula is C14H15BrN2O3. The van der Waals surface area contributed by atoms with Crippen molar-refractivity contribution in [1.29, 1.82) is 0 Å². The summed E-state index contributed by atoms with van der Waals surface area (Å²) in [5.74, 6) is 1.41. The smallest absolute Gasteiger partial charge is 0.266 e. The van der Waals surface area contributed by atoms with Crippen molar-refractivity contribution in [3.8, 4) is 5.75 Å². The second-order valence-corrected chi connectivity index (χ2v) is 5.11. The zero-order valence-corrected chi connectivity index (χ0v) is 12.8. The molecule has 0 bridgehead atoms. The molecule has 6 heteroatoms. The third-order valence-corrected chi connectivity index (χ3v) is 3.30. The monoisotopic (exact) mass is 338 g/mol. The van der Waals surface area contributed by atoms with Crippen LogP contribution in [0.2, 0.25) is 0 Å². The summed E-state index contributed by atoms with van der Waals surface area (Å²) in [5.41, 5.74) is 0. The number of amides is 1. The number of benzene rings is 1. The van der Waals surface area contributed by atoms with Crippen LogP contribution in [0.4, 0.5) is 5.82 Å². The number of halogens is 1. The first-order valence-corrected chi connectivity index (χ1v) is 7.04. The normalized spacial score (nSPS) is 11.9. The molecule has 0 radical (unpaired) electrons. The third kappa shape index (κ3) is 3.60. The predicted octanol–water partition coefficient (Wildman–Crippen LogP) is 3.54. The molecule has 106 valence electrons. The van der Waals surface area contributed by atoms with E-state index in [1.807, 2.05) is 25.1 Å². The summed E-state index contributed by atoms with van der Waals surface area (Å²) in [7, 11) is 0. The number of carbonyl (C=O) groups excluding carboxylic acids is 1. The Morgan fingerprint density at radius 2 is 2.25 bits per heavy atom. The fourth-order valence-electron chi connectivity index (χ4n) is 1.65. The van der Waals surface area contributed by atoms with E-state index in [2.05, 4.69) is 26.4 Å². The van der Waals surface area contributed by atoms with Crippen molar-refractivity contribution < 1.29 is 14.1 Å². The van der Waals surface area contributed by atoms with E-state index in [0.29, 0.717) is 23.7 Å². The minimum atomic E-state index is -0.592. The number of nitrogens with one attached hydrogen (secondary N) is 1. The molecule has 1 aromatic carbocycles. The maximum Gasteiger partial charge on any atom is 0.266 e. The zero-order valence-electron chi connectivity index (χ0n) is 11.2. The van der Waals surface area contributed by atoms with Crippen LogP contribution in [0.5, 0.6) is 5.75 Å². The summed E-state index contributed by atoms with van der Waals surface area (Å²) < 4.78 is 11.4. The van der Waals surface area contributed by atoms with Crippen LogP contribution in [0.25, 0.3) is 0 Å². The minimum Gasteiger partial charge on any atom is -0.479 e. The molecule has 0 aliphatic rings. The third-order valence-electron chi connectivity index (χ3n) is 2.65. The minimum absolute atomic E-state index is 0.253. The quantitative estimate of drug-likeness (QED) is 0.905. The Morgan fingerprint density at radius 1 is 1.50 bits per heavy atom. The molecule has 0 saturated carbocycles. The number of hydrogen-bond donors (Lipinski definition) is 1. The molecule has 1 heterocycles. The predicted molar refractivity (Wildman–Crippen MR) is 78.7 cm³/mol. The molecule has 1 unspecified atom stereocenters. The lowest BCUT2D eigenvalue weighted by Gasteiger charge is -2.17. The number of hydrogen-bond acceptors (Lipinski definition) is 4. The van der Waals surface area contributed by atoms with Crippen LogP contribution in [0.1, 0.15) is 19.1 Å². The van der Waals surface area contributed by atoms with Gasteiger partial charge in [-0.15, -0.1) is 0 Å². The van der Waals surface area contributed by atoms with Crippen molar-refractivity contribution in [2.24, 2.45) is 0 Å². The maximum absolute atomic E-state index is 12.1. The maximum atomic E-state index is 12.1. The summed E-state index contributed by atoms with van der Waals surface area (Å²) in [6.07, 6.45) is -0.0463. The van der Waals surface area contributed by atoms with Gasteiger partial charge in [-0.3, -0.25) is 4.79 Å². The number of carbonyl (C=O) groups is 1. The van der Waals surface area contributed by atoms with E-state index in [1.54, 1.807) is 19.1 Å². The first-order chi connectivity index (χ1) is 9.60. The van der Waals surface area contributed by atoms with E-state index >= 15 is 0 Å². The van der Waals surface area contributed by atoms with Crippen molar-refractivity contribution in [2.75, 3.05) is 5.32 Å². The fourth-order valence-corrected chi connectivity index (χ4v) is 2.03. The number of para-hydroxylation sites is 1. The Kier molecular flexibility index (Phi) is 4.79. The topological polar surface area (TPSA) is 64.4 Å². The van der Waals surface area contributed by atoms with Gasteiger partial charge in [-0.05, 0) is 41.4 Å². The standard InChI is InChI=1S/C14H15BrN2O3/c1-3-11(19-12-7-5-4-6-10(12)15)14(18)16-13-8-9(2)20-17-13/h4-8,11H,3H2,1-2H3,(H,16,17,18). The van der Waals surface area contributed by atoms with Gasteiger partial charge in [0.05, 0.1) is 4.47 Å². The molecule has 0 saturated heterocycles. The van der Waals surface area contributed by atoms with Crippen LogP contribution >= 0.6 is 15.9 Å². The van der Waals surface area contributed by atoms with Crippen molar-refractivity contribution in [3.05, 3.63) is 40.6 Å². The van der Waals surface area contributed by atoms with Crippen molar-refractivity contribution in [2.45, 2.75) is 26.4 Å². The van der Waals surface area contributed by atoms with Gasteiger partial charge in [0.2, 0.25) is 0 Å². The van der Waals surface area contributed by atoms with Gasteiger partial charge in [-0.2, -0.15) is 0 Å². The molecule has 2 rings (SSSR count). The Labute approximate surface area is 125 Å². The average molecular weight is 339 g/mol. The highest BCUT2D eigenvalue weighted by atomic mass is 79.9. The summed E-state index contributed by atoms with van der Waals surface area (Å²) in [5, 5.41) is 6.39. The average Bonchev–Trinajstić information content (AvgIpc) is 2.83. The van der Waals surface area contributed by atoms with Gasteiger partial charge in [0.1, 0.15) is 11.5 Å². The number of aryl methyl sites for hydroxylation is 1. The molecular weight excluding hydrogens is 324 g/mol. The van der Waals surface area contributed by atoms with Crippen LogP contribution < -0.4 is 10.1 Å². The van der Waals surface area contributed by atoms with Crippen molar-refractivity contribution in [3.63, 3.8) is 0 Å². The molecule has 1 atom stereocenters. The highest BCUT2D eigenvalue weighted by Crippen LogP contribution is 2.25. The number of rotatable bonds is 5. The van der Waals surface area contributed by atoms with Gasteiger partial charge in [-0.1, -0.05) is 24.2 Å². The second kappa shape index (κ2) is 6.56. The van der Waals surface area contributed by atoms with E-state index in [4.69, 9.17) is 9.26 Å². The largest absolute Gasteiger partial charge is 0.479 e. The molecule has 0 aliphatic carbocycles. The van der Waals surface area contributed by atoms with Crippen LogP contribution in [0, 0.1) is 6.92 Å². The van der Waals surface area contributed by atoms with Crippen molar-refractivity contribution in [1.82, 2.24) is 5.16 Å². The van der Waals surface area contributed by atoms with Gasteiger partial charge in [-0.25, -0.2) is 0 Å². The highest BCUT2D eigenvalue weighted by molar-refractivity contribution is 9.10. The number of aromatic nitrogens is 1. The molecule has 5 nitrogen and oxygen atoms in total. The molecule has 1 aromatic heterocycles. The first-order valence-electron chi connectivity index (χ1n) is 6.25. The zero-order chi connectivity index (χ0) is 14.5. The lowest BCUT2D eigenvalue weighted by Crippen LogP contribution is -2.32. The highest BCUT2D eigenvalue weighted by Gasteiger charge is 2.20. The molecule has 20 heavy (non-hydrogen) atoms. The Hall–Kier alpha value is -1.82. The van der Waals surface area contributed by atoms with Crippen LogP contribution in [0.15, 0.2) is 39.3 Å². The van der Waals surface area contributed by atoms with Crippen LogP contribution in [-0.4, -0.2) is 17.2 Å². The van der Waals surface area contributed by atoms with Gasteiger partial charge >= 0.3 is 0 Å². The van der Waals surface area contributed by atoms with Crippen LogP contribution in [0.3, 0.4) is 0 Å². The number of anilines is 1. The molecule has 2 aromatic rings. The summed E-state index contributed by atoms with van der Waals surface area (Å²) in [4.78, 5) is 12.1. The lowest BCUT2D eigenvalue weighted by atomic mass is 10.2. The molecule has 1 amide bonds. The Balaban J connectivity index is 2.04. The van der Waals surface area contributed by atoms with E-state index in [9.17, 15) is 4.79 Å². The fraction of sp³-hybridized carbons (Fsp3) is 0.286. The SMILES string of the molecule is CCC(Oc1ccccc1Br)C(=O)Nc1cc(C)on1. The van der Waals surface area contributed by atoms with E-state index < -0.39 is 6.10 Å². The summed E-state index contributed by atoms with van der Waals surface area (Å²) in [6.45, 7) is 3.65. The second-order valence-electron chi connectivity index (χ2n) is 4.26. The number of nitrogens with zero attached hydrogens (tertiary/aromatic N) is 1. The van der Waals surface area contributed by atoms with Gasteiger partial charge in [0.15, 0.2) is 11.9 Å². The molecule has 0 aliphatic heterocycles. The first kappa shape index (κ1) is 14.6. The van der Waals surface area contributed by atoms with Gasteiger partial charge in [0, 0.05) is 6.07 Å². The number of ether oxygens (including phenoxy) is 1. The van der Waals surface area contributed by atoms with E-state index in [1.165, 1.54) is 0 Å². The summed E-state index contributed by atoms with van der Waals surface area (Å²) >= 11 is 3.39. The lowest BCUT2D eigenvalue weighted by molar-refractivity contribution is -0.122. The van der Waals surface area contributed by atoms with Gasteiger partial charge in [0.25, 0.3) is 5.91 Å². The molecule has 1 N–H and O–H groups in total. The molecule has 0 fully saturated rings. The molecule has 0 spiro atoms. The Morgan fingerprint density at radius 3 is 2.85 bits per heavy atom. The van der Waals surface area contributed by atoms with E-state index in [0.717, 1.165) is 4.47 Å². The summed E-state index contributed by atoms with van der Waals surface area (Å²) in [6, 6.07) is 9.06.